The summed E-state index contributed by atoms with van der Waals surface area (Å²) in [5, 5.41) is 16.1. The Morgan fingerprint density at radius 2 is 2.22 bits per heavy atom. The molecule has 1 amide bonds. The molecule has 0 aromatic heterocycles. The summed E-state index contributed by atoms with van der Waals surface area (Å²) in [4.78, 5) is 10.2. The number of hydrogen-bond acceptors (Lipinski definition) is 3. The Balaban J connectivity index is 3.91. The van der Waals surface area contributed by atoms with Gasteiger partial charge in [0.25, 0.3) is 0 Å². The van der Waals surface area contributed by atoms with Gasteiger partial charge in [0.1, 0.15) is 5.92 Å². The van der Waals surface area contributed by atoms with Gasteiger partial charge >= 0.3 is 0 Å². The highest BCUT2D eigenvalue weighted by Crippen LogP contribution is 1.96. The molecule has 0 heterocycles. The molecule has 46 valence electrons. The van der Waals surface area contributed by atoms with Crippen molar-refractivity contribution < 1.29 is 4.79 Å². The first-order chi connectivity index (χ1) is 4.22. The van der Waals surface area contributed by atoms with Gasteiger partial charge in [0.05, 0.1) is 18.6 Å². The van der Waals surface area contributed by atoms with Crippen molar-refractivity contribution in [2.24, 2.45) is 11.7 Å². The van der Waals surface area contributed by atoms with Crippen molar-refractivity contribution in [2.45, 2.75) is 6.42 Å². The lowest BCUT2D eigenvalue weighted by Crippen LogP contribution is -2.21. The predicted molar refractivity (Wildman–Crippen MR) is 28.5 cm³/mol. The van der Waals surface area contributed by atoms with Crippen LogP contribution >= 0.6 is 0 Å². The molecule has 0 spiro atoms. The van der Waals surface area contributed by atoms with E-state index in [1.165, 1.54) is 0 Å². The Bertz CT molecular complexity index is 185. The van der Waals surface area contributed by atoms with Gasteiger partial charge in [-0.1, -0.05) is 0 Å². The average molecular weight is 123 g/mol. The third-order valence-corrected chi connectivity index (χ3v) is 0.795. The van der Waals surface area contributed by atoms with Crippen LogP contribution in [0.5, 0.6) is 0 Å². The summed E-state index contributed by atoms with van der Waals surface area (Å²) < 4.78 is 0. The van der Waals surface area contributed by atoms with Gasteiger partial charge in [-0.3, -0.25) is 4.79 Å². The average Bonchev–Trinajstić information content (AvgIpc) is 1.82. The minimum Gasteiger partial charge on any atom is -0.369 e. The fraction of sp³-hybridized carbons (Fsp3) is 0.400. The molecular weight excluding hydrogens is 118 g/mol. The van der Waals surface area contributed by atoms with E-state index in [1.54, 1.807) is 12.1 Å². The summed E-state index contributed by atoms with van der Waals surface area (Å²) in [6.45, 7) is 0. The molecule has 1 unspecified atom stereocenters. The zero-order chi connectivity index (χ0) is 7.28. The number of hydrogen-bond donors (Lipinski definition) is 1. The first kappa shape index (κ1) is 7.45. The van der Waals surface area contributed by atoms with E-state index in [1.807, 2.05) is 0 Å². The van der Waals surface area contributed by atoms with Crippen LogP contribution < -0.4 is 5.73 Å². The summed E-state index contributed by atoms with van der Waals surface area (Å²) in [6.07, 6.45) is -0.119. The van der Waals surface area contributed by atoms with E-state index < -0.39 is 11.8 Å². The molecule has 1 atom stereocenters. The van der Waals surface area contributed by atoms with Gasteiger partial charge in [0, 0.05) is 0 Å². The maximum atomic E-state index is 10.2. The van der Waals surface area contributed by atoms with Crippen LogP contribution in [-0.2, 0) is 4.79 Å². The number of amides is 1. The Morgan fingerprint density at radius 1 is 1.67 bits per heavy atom. The molecule has 0 aliphatic heterocycles. The first-order valence-corrected chi connectivity index (χ1v) is 2.28. The van der Waals surface area contributed by atoms with Crippen molar-refractivity contribution in [2.75, 3.05) is 0 Å². The number of nitrogens with zero attached hydrogens (tertiary/aromatic N) is 2. The summed E-state index contributed by atoms with van der Waals surface area (Å²) in [5.41, 5.74) is 4.72. The highest BCUT2D eigenvalue weighted by atomic mass is 16.1. The monoisotopic (exact) mass is 123 g/mol. The summed E-state index contributed by atoms with van der Waals surface area (Å²) in [6, 6.07) is 3.28. The summed E-state index contributed by atoms with van der Waals surface area (Å²) in [7, 11) is 0. The Hall–Kier alpha value is -1.55. The van der Waals surface area contributed by atoms with E-state index in [4.69, 9.17) is 16.3 Å². The van der Waals surface area contributed by atoms with Crippen LogP contribution in [0.3, 0.4) is 0 Å². The van der Waals surface area contributed by atoms with Crippen LogP contribution in [-0.4, -0.2) is 5.91 Å². The molecule has 9 heavy (non-hydrogen) atoms. The van der Waals surface area contributed by atoms with E-state index in [0.717, 1.165) is 0 Å². The van der Waals surface area contributed by atoms with E-state index in [-0.39, 0.29) is 6.42 Å². The maximum Gasteiger partial charge on any atom is 0.235 e. The van der Waals surface area contributed by atoms with Gasteiger partial charge in [0.15, 0.2) is 0 Å². The van der Waals surface area contributed by atoms with Gasteiger partial charge in [-0.25, -0.2) is 0 Å². The Labute approximate surface area is 52.5 Å². The van der Waals surface area contributed by atoms with Gasteiger partial charge < -0.3 is 5.73 Å². The SMILES string of the molecule is N#CCC(C#N)C(N)=O. The van der Waals surface area contributed by atoms with E-state index >= 15 is 0 Å². The van der Waals surface area contributed by atoms with Crippen molar-refractivity contribution in [3.63, 3.8) is 0 Å². The van der Waals surface area contributed by atoms with Crippen molar-refractivity contribution in [1.29, 1.82) is 10.5 Å². The van der Waals surface area contributed by atoms with Crippen molar-refractivity contribution in [1.82, 2.24) is 0 Å². The molecule has 0 aliphatic rings. The second-order valence-corrected chi connectivity index (χ2v) is 1.45. The minimum atomic E-state index is -0.949. The lowest BCUT2D eigenvalue weighted by Gasteiger charge is -1.93. The number of carbonyl (C=O) groups excluding carboxylic acids is 1. The Morgan fingerprint density at radius 3 is 2.33 bits per heavy atom. The molecule has 0 saturated carbocycles. The highest BCUT2D eigenvalue weighted by molar-refractivity contribution is 5.79. The molecule has 4 heteroatoms. The molecule has 0 radical (unpaired) electrons. The standard InChI is InChI=1S/C5H5N3O/c6-2-1-4(3-7)5(8)9/h4H,1H2,(H2,8,9). The second-order valence-electron chi connectivity index (χ2n) is 1.45. The quantitative estimate of drug-likeness (QED) is 0.537. The van der Waals surface area contributed by atoms with Crippen molar-refractivity contribution in [3.05, 3.63) is 0 Å². The molecule has 0 aromatic carbocycles. The van der Waals surface area contributed by atoms with Gasteiger partial charge in [-0.05, 0) is 0 Å². The summed E-state index contributed by atoms with van der Waals surface area (Å²) in [5.74, 6) is -1.69. The van der Waals surface area contributed by atoms with Crippen LogP contribution in [0.2, 0.25) is 0 Å². The lowest BCUT2D eigenvalue weighted by molar-refractivity contribution is -0.120. The topological polar surface area (TPSA) is 90.7 Å². The van der Waals surface area contributed by atoms with Crippen molar-refractivity contribution >= 4 is 5.91 Å². The molecule has 0 bridgehead atoms. The highest BCUT2D eigenvalue weighted by Gasteiger charge is 2.12. The minimum absolute atomic E-state index is 0.119. The normalized spacial score (nSPS) is 10.9. The number of rotatable bonds is 2. The van der Waals surface area contributed by atoms with Gasteiger partial charge in [0.2, 0.25) is 5.91 Å². The van der Waals surface area contributed by atoms with Crippen molar-refractivity contribution in [3.8, 4) is 12.1 Å². The third-order valence-electron chi connectivity index (χ3n) is 0.795. The zero-order valence-corrected chi connectivity index (χ0v) is 4.66. The van der Waals surface area contributed by atoms with E-state index in [0.29, 0.717) is 0 Å². The second kappa shape index (κ2) is 3.45. The molecule has 2 N–H and O–H groups in total. The van der Waals surface area contributed by atoms with E-state index in [9.17, 15) is 4.79 Å². The van der Waals surface area contributed by atoms with E-state index in [2.05, 4.69) is 0 Å². The van der Waals surface area contributed by atoms with Crippen LogP contribution in [0.25, 0.3) is 0 Å². The zero-order valence-electron chi connectivity index (χ0n) is 4.66. The lowest BCUT2D eigenvalue weighted by atomic mass is 10.1. The predicted octanol–water partition coefficient (Wildman–Crippen LogP) is -0.475. The van der Waals surface area contributed by atoms with Crippen LogP contribution in [0.4, 0.5) is 0 Å². The van der Waals surface area contributed by atoms with Crippen LogP contribution in [0.15, 0.2) is 0 Å². The number of carbonyl (C=O) groups is 1. The van der Waals surface area contributed by atoms with Crippen LogP contribution in [0.1, 0.15) is 6.42 Å². The molecule has 4 nitrogen and oxygen atoms in total. The first-order valence-electron chi connectivity index (χ1n) is 2.28. The Kier molecular flexibility index (Phi) is 2.86. The maximum absolute atomic E-state index is 10.2. The third kappa shape index (κ3) is 2.30. The number of nitriles is 2. The molecule has 0 rings (SSSR count). The number of nitrogens with two attached hydrogens (primary N) is 1. The molecule has 0 fully saturated rings. The van der Waals surface area contributed by atoms with Gasteiger partial charge in [-0.15, -0.1) is 0 Å². The number of primary amides is 1. The van der Waals surface area contributed by atoms with Crippen LogP contribution in [0, 0.1) is 28.6 Å². The molecule has 0 aromatic rings. The molecule has 0 saturated heterocycles. The molecule has 0 aliphatic carbocycles. The fourth-order valence-corrected chi connectivity index (χ4v) is 0.301. The summed E-state index contributed by atoms with van der Waals surface area (Å²) >= 11 is 0. The fourth-order valence-electron chi connectivity index (χ4n) is 0.301. The van der Waals surface area contributed by atoms with Gasteiger partial charge in [-0.2, -0.15) is 10.5 Å². The smallest absolute Gasteiger partial charge is 0.235 e. The molecular formula is C5H5N3O. The largest absolute Gasteiger partial charge is 0.369 e.